The van der Waals surface area contributed by atoms with Crippen LogP contribution < -0.4 is 0 Å². The minimum absolute atomic E-state index is 0.000440. The van der Waals surface area contributed by atoms with E-state index < -0.39 is 11.5 Å². The van der Waals surface area contributed by atoms with Crippen LogP contribution in [-0.4, -0.2) is 23.8 Å². The van der Waals surface area contributed by atoms with Crippen molar-refractivity contribution >= 4 is 11.7 Å². The molecule has 0 aromatic rings. The molecule has 70 valence electrons. The zero-order valence-corrected chi connectivity index (χ0v) is 8.00. The van der Waals surface area contributed by atoms with E-state index in [1.165, 1.54) is 0 Å². The van der Waals surface area contributed by atoms with Crippen LogP contribution in [0.15, 0.2) is 4.99 Å². The van der Waals surface area contributed by atoms with Crippen LogP contribution in [0.25, 0.3) is 0 Å². The molecule has 1 aliphatic rings. The summed E-state index contributed by atoms with van der Waals surface area (Å²) < 4.78 is 4.87. The molecule has 1 atom stereocenters. The van der Waals surface area contributed by atoms with Gasteiger partial charge in [-0.25, -0.2) is 4.79 Å². The summed E-state index contributed by atoms with van der Waals surface area (Å²) in [6.45, 7) is 5.41. The molecule has 4 nitrogen and oxygen atoms in total. The first-order chi connectivity index (χ1) is 5.98. The summed E-state index contributed by atoms with van der Waals surface area (Å²) in [6.07, 6.45) is 0. The van der Waals surface area contributed by atoms with Gasteiger partial charge in [-0.2, -0.15) is 5.26 Å². The van der Waals surface area contributed by atoms with Gasteiger partial charge in [-0.15, -0.1) is 0 Å². The minimum Gasteiger partial charge on any atom is -0.457 e. The zero-order chi connectivity index (χ0) is 10.1. The van der Waals surface area contributed by atoms with Crippen molar-refractivity contribution in [2.24, 2.45) is 10.9 Å². The SMILES string of the molecule is CC(C)C1=N[C@@](C)(C#N)COC1=O. The lowest BCUT2D eigenvalue weighted by atomic mass is 10.0. The number of hydrogen-bond donors (Lipinski definition) is 0. The van der Waals surface area contributed by atoms with Gasteiger partial charge in [0.25, 0.3) is 0 Å². The van der Waals surface area contributed by atoms with Crippen molar-refractivity contribution in [2.75, 3.05) is 6.61 Å². The second kappa shape index (κ2) is 3.17. The van der Waals surface area contributed by atoms with E-state index in [9.17, 15) is 4.79 Å². The fourth-order valence-electron chi connectivity index (χ4n) is 1.05. The first-order valence-corrected chi connectivity index (χ1v) is 4.16. The zero-order valence-electron chi connectivity index (χ0n) is 8.00. The number of nitriles is 1. The number of hydrogen-bond acceptors (Lipinski definition) is 4. The minimum atomic E-state index is -0.895. The summed E-state index contributed by atoms with van der Waals surface area (Å²) in [5, 5.41) is 8.79. The molecule has 0 saturated carbocycles. The topological polar surface area (TPSA) is 62.4 Å². The van der Waals surface area contributed by atoms with Gasteiger partial charge >= 0.3 is 5.97 Å². The summed E-state index contributed by atoms with van der Waals surface area (Å²) in [5.41, 5.74) is -0.539. The highest BCUT2D eigenvalue weighted by Crippen LogP contribution is 2.18. The van der Waals surface area contributed by atoms with Crippen LogP contribution in [-0.2, 0) is 9.53 Å². The van der Waals surface area contributed by atoms with Gasteiger partial charge in [-0.3, -0.25) is 4.99 Å². The summed E-state index contributed by atoms with van der Waals surface area (Å²) in [5.74, 6) is -0.400. The Labute approximate surface area is 77.2 Å². The van der Waals surface area contributed by atoms with Gasteiger partial charge in [0.1, 0.15) is 12.3 Å². The molecule has 0 saturated heterocycles. The standard InChI is InChI=1S/C9H12N2O2/c1-6(2)7-8(12)13-5-9(3,4-10)11-7/h6H,5H2,1-3H3/t9-/m0/s1. The number of esters is 1. The fraction of sp³-hybridized carbons (Fsp3) is 0.667. The molecule has 0 fully saturated rings. The Morgan fingerprint density at radius 1 is 1.69 bits per heavy atom. The Kier molecular flexibility index (Phi) is 2.37. The number of carbonyl (C=O) groups excluding carboxylic acids is 1. The van der Waals surface area contributed by atoms with Crippen LogP contribution in [0.4, 0.5) is 0 Å². The summed E-state index contributed by atoms with van der Waals surface area (Å²) >= 11 is 0. The largest absolute Gasteiger partial charge is 0.457 e. The maximum atomic E-state index is 11.2. The first-order valence-electron chi connectivity index (χ1n) is 4.16. The monoisotopic (exact) mass is 180 g/mol. The fourth-order valence-corrected chi connectivity index (χ4v) is 1.05. The lowest BCUT2D eigenvalue weighted by Gasteiger charge is -2.24. The number of cyclic esters (lactones) is 1. The van der Waals surface area contributed by atoms with Crippen molar-refractivity contribution in [3.05, 3.63) is 0 Å². The smallest absolute Gasteiger partial charge is 0.352 e. The maximum absolute atomic E-state index is 11.2. The Hall–Kier alpha value is -1.37. The average molecular weight is 180 g/mol. The van der Waals surface area contributed by atoms with Crippen molar-refractivity contribution in [3.63, 3.8) is 0 Å². The van der Waals surface area contributed by atoms with Gasteiger partial charge in [0.2, 0.25) is 0 Å². The number of nitrogens with zero attached hydrogens (tertiary/aromatic N) is 2. The van der Waals surface area contributed by atoms with Gasteiger partial charge in [-0.1, -0.05) is 13.8 Å². The van der Waals surface area contributed by atoms with Gasteiger partial charge < -0.3 is 4.74 Å². The predicted molar refractivity (Wildman–Crippen MR) is 47.3 cm³/mol. The molecule has 4 heteroatoms. The van der Waals surface area contributed by atoms with E-state index in [2.05, 4.69) is 4.99 Å². The van der Waals surface area contributed by atoms with Crippen LogP contribution in [0.1, 0.15) is 20.8 Å². The van der Waals surface area contributed by atoms with Gasteiger partial charge in [0.15, 0.2) is 5.54 Å². The number of carbonyl (C=O) groups is 1. The third-order valence-electron chi connectivity index (χ3n) is 1.85. The molecule has 0 radical (unpaired) electrons. The van der Waals surface area contributed by atoms with Gasteiger partial charge in [0, 0.05) is 5.92 Å². The number of aliphatic imine (C=N–C) groups is 1. The van der Waals surface area contributed by atoms with Crippen LogP contribution in [0, 0.1) is 17.2 Å². The second-order valence-electron chi connectivity index (χ2n) is 3.61. The molecule has 1 aliphatic heterocycles. The number of rotatable bonds is 1. The van der Waals surface area contributed by atoms with E-state index in [0.717, 1.165) is 0 Å². The maximum Gasteiger partial charge on any atom is 0.352 e. The Bertz CT molecular complexity index is 301. The van der Waals surface area contributed by atoms with Crippen LogP contribution in [0.2, 0.25) is 0 Å². The summed E-state index contributed by atoms with van der Waals surface area (Å²) in [4.78, 5) is 15.3. The lowest BCUT2D eigenvalue weighted by molar-refractivity contribution is -0.138. The average Bonchev–Trinajstić information content (AvgIpc) is 2.09. The molecular formula is C9H12N2O2. The van der Waals surface area contributed by atoms with Crippen molar-refractivity contribution < 1.29 is 9.53 Å². The van der Waals surface area contributed by atoms with Gasteiger partial charge in [-0.05, 0) is 6.92 Å². The Morgan fingerprint density at radius 3 is 2.77 bits per heavy atom. The highest BCUT2D eigenvalue weighted by atomic mass is 16.5. The van der Waals surface area contributed by atoms with E-state index in [4.69, 9.17) is 10.00 Å². The molecule has 13 heavy (non-hydrogen) atoms. The van der Waals surface area contributed by atoms with E-state index in [1.807, 2.05) is 19.9 Å². The van der Waals surface area contributed by atoms with Crippen LogP contribution in [0.5, 0.6) is 0 Å². The van der Waals surface area contributed by atoms with E-state index in [1.54, 1.807) is 6.92 Å². The molecule has 1 rings (SSSR count). The quantitative estimate of drug-likeness (QED) is 0.564. The third kappa shape index (κ3) is 1.86. The molecule has 0 amide bonds. The van der Waals surface area contributed by atoms with E-state index in [-0.39, 0.29) is 12.5 Å². The first kappa shape index (κ1) is 9.72. The Morgan fingerprint density at radius 2 is 2.31 bits per heavy atom. The van der Waals surface area contributed by atoms with Crippen molar-refractivity contribution in [3.8, 4) is 6.07 Å². The van der Waals surface area contributed by atoms with Crippen molar-refractivity contribution in [1.82, 2.24) is 0 Å². The van der Waals surface area contributed by atoms with Gasteiger partial charge in [0.05, 0.1) is 6.07 Å². The number of ether oxygens (including phenoxy) is 1. The molecule has 0 aliphatic carbocycles. The van der Waals surface area contributed by atoms with Crippen LogP contribution in [0.3, 0.4) is 0 Å². The molecule has 0 N–H and O–H groups in total. The molecule has 0 spiro atoms. The van der Waals surface area contributed by atoms with Crippen molar-refractivity contribution in [1.29, 1.82) is 5.26 Å². The molecule has 1 heterocycles. The molecule has 0 bridgehead atoms. The Balaban J connectivity index is 3.03. The van der Waals surface area contributed by atoms with Crippen molar-refractivity contribution in [2.45, 2.75) is 26.3 Å². The van der Waals surface area contributed by atoms with E-state index in [0.29, 0.717) is 5.71 Å². The molecule has 0 aromatic heterocycles. The normalized spacial score (nSPS) is 27.9. The summed E-state index contributed by atoms with van der Waals surface area (Å²) in [6, 6.07) is 2.02. The highest BCUT2D eigenvalue weighted by molar-refractivity contribution is 6.37. The van der Waals surface area contributed by atoms with Crippen LogP contribution >= 0.6 is 0 Å². The lowest BCUT2D eigenvalue weighted by Crippen LogP contribution is -2.40. The second-order valence-corrected chi connectivity index (χ2v) is 3.61. The third-order valence-corrected chi connectivity index (χ3v) is 1.85. The molecular weight excluding hydrogens is 168 g/mol. The predicted octanol–water partition coefficient (Wildman–Crippen LogP) is 0.922. The molecule has 0 unspecified atom stereocenters. The summed E-state index contributed by atoms with van der Waals surface area (Å²) in [7, 11) is 0. The molecule has 0 aromatic carbocycles. The highest BCUT2D eigenvalue weighted by Gasteiger charge is 2.34. The van der Waals surface area contributed by atoms with E-state index >= 15 is 0 Å².